The zero-order valence-corrected chi connectivity index (χ0v) is 9.52. The Morgan fingerprint density at radius 3 is 2.59 bits per heavy atom. The van der Waals surface area contributed by atoms with E-state index in [-0.39, 0.29) is 11.3 Å². The first-order valence-corrected chi connectivity index (χ1v) is 5.56. The molecule has 0 spiro atoms. The first-order valence-electron chi connectivity index (χ1n) is 4.74. The third-order valence-corrected chi connectivity index (χ3v) is 3.07. The van der Waals surface area contributed by atoms with Gasteiger partial charge in [-0.2, -0.15) is 0 Å². The second kappa shape index (κ2) is 4.84. The van der Waals surface area contributed by atoms with Crippen LogP contribution in [-0.2, 0) is 0 Å². The number of nitrogens with zero attached hydrogens (tertiary/aromatic N) is 2. The molecule has 17 heavy (non-hydrogen) atoms. The number of rotatable bonds is 3. The SMILES string of the molecule is Nc1c(C(=O)O)ccnc1Sc1ccncc1. The topological polar surface area (TPSA) is 89.1 Å². The molecule has 2 heterocycles. The van der Waals surface area contributed by atoms with Crippen LogP contribution < -0.4 is 5.73 Å². The zero-order valence-electron chi connectivity index (χ0n) is 8.70. The highest BCUT2D eigenvalue weighted by Gasteiger charge is 2.12. The molecule has 2 aromatic heterocycles. The molecule has 0 saturated carbocycles. The summed E-state index contributed by atoms with van der Waals surface area (Å²) in [5.74, 6) is -1.05. The summed E-state index contributed by atoms with van der Waals surface area (Å²) < 4.78 is 0. The van der Waals surface area contributed by atoms with Crippen molar-refractivity contribution in [2.75, 3.05) is 5.73 Å². The fraction of sp³-hybridized carbons (Fsp3) is 0. The van der Waals surface area contributed by atoms with Crippen LogP contribution in [0.25, 0.3) is 0 Å². The molecule has 2 aromatic rings. The van der Waals surface area contributed by atoms with Crippen molar-refractivity contribution in [3.8, 4) is 0 Å². The largest absolute Gasteiger partial charge is 0.478 e. The summed E-state index contributed by atoms with van der Waals surface area (Å²) in [5.41, 5.74) is 6.00. The summed E-state index contributed by atoms with van der Waals surface area (Å²) in [6.07, 6.45) is 4.74. The monoisotopic (exact) mass is 247 g/mol. The number of aromatic carboxylic acids is 1. The summed E-state index contributed by atoms with van der Waals surface area (Å²) in [5, 5.41) is 9.41. The first kappa shape index (κ1) is 11.4. The van der Waals surface area contributed by atoms with Gasteiger partial charge in [-0.05, 0) is 18.2 Å². The number of hydrogen-bond donors (Lipinski definition) is 2. The van der Waals surface area contributed by atoms with Gasteiger partial charge in [-0.15, -0.1) is 0 Å². The predicted octanol–water partition coefficient (Wildman–Crippen LogP) is 1.91. The highest BCUT2D eigenvalue weighted by Crippen LogP contribution is 2.31. The van der Waals surface area contributed by atoms with Crippen molar-refractivity contribution in [3.05, 3.63) is 42.4 Å². The summed E-state index contributed by atoms with van der Waals surface area (Å²) >= 11 is 1.31. The van der Waals surface area contributed by atoms with Gasteiger partial charge in [-0.25, -0.2) is 9.78 Å². The van der Waals surface area contributed by atoms with E-state index >= 15 is 0 Å². The molecule has 0 atom stereocenters. The van der Waals surface area contributed by atoms with E-state index < -0.39 is 5.97 Å². The summed E-state index contributed by atoms with van der Waals surface area (Å²) in [6, 6.07) is 4.99. The van der Waals surface area contributed by atoms with E-state index in [9.17, 15) is 4.79 Å². The van der Waals surface area contributed by atoms with Gasteiger partial charge < -0.3 is 10.8 Å². The van der Waals surface area contributed by atoms with Gasteiger partial charge in [0.05, 0.1) is 11.3 Å². The van der Waals surface area contributed by atoms with Crippen molar-refractivity contribution in [2.45, 2.75) is 9.92 Å². The average Bonchev–Trinajstić information content (AvgIpc) is 2.33. The van der Waals surface area contributed by atoms with Crippen molar-refractivity contribution >= 4 is 23.4 Å². The number of anilines is 1. The molecule has 6 heteroatoms. The number of nitrogens with two attached hydrogens (primary N) is 1. The number of hydrogen-bond acceptors (Lipinski definition) is 5. The number of aromatic nitrogens is 2. The van der Waals surface area contributed by atoms with Crippen LogP contribution in [0.4, 0.5) is 5.69 Å². The fourth-order valence-electron chi connectivity index (χ4n) is 1.24. The smallest absolute Gasteiger partial charge is 0.337 e. The van der Waals surface area contributed by atoms with Gasteiger partial charge in [0.2, 0.25) is 0 Å². The minimum absolute atomic E-state index is 0.0663. The predicted molar refractivity (Wildman–Crippen MR) is 64.0 cm³/mol. The fourth-order valence-corrected chi connectivity index (χ4v) is 2.05. The van der Waals surface area contributed by atoms with Gasteiger partial charge in [-0.1, -0.05) is 11.8 Å². The van der Waals surface area contributed by atoms with E-state index in [1.54, 1.807) is 24.5 Å². The van der Waals surface area contributed by atoms with Crippen molar-refractivity contribution in [1.29, 1.82) is 0 Å². The maximum absolute atomic E-state index is 10.9. The molecular formula is C11H9N3O2S. The molecule has 0 unspecified atom stereocenters. The van der Waals surface area contributed by atoms with E-state index in [0.717, 1.165) is 4.90 Å². The lowest BCUT2D eigenvalue weighted by Gasteiger charge is -2.06. The average molecular weight is 247 g/mol. The standard InChI is InChI=1S/C11H9N3O2S/c12-9-8(11(15)16)3-6-14-10(9)17-7-1-4-13-5-2-7/h1-6H,12H2,(H,15,16). The van der Waals surface area contributed by atoms with E-state index in [1.807, 2.05) is 0 Å². The van der Waals surface area contributed by atoms with Gasteiger partial charge in [0, 0.05) is 23.5 Å². The Morgan fingerprint density at radius 1 is 1.24 bits per heavy atom. The molecule has 3 N–H and O–H groups in total. The number of carbonyl (C=O) groups is 1. The minimum atomic E-state index is -1.05. The molecule has 0 aliphatic carbocycles. The quantitative estimate of drug-likeness (QED) is 0.861. The lowest BCUT2D eigenvalue weighted by molar-refractivity contribution is 0.0697. The Hall–Kier alpha value is -2.08. The number of carboxylic acids is 1. The van der Waals surface area contributed by atoms with Crippen LogP contribution in [0.5, 0.6) is 0 Å². The lowest BCUT2D eigenvalue weighted by atomic mass is 10.2. The Balaban J connectivity index is 2.34. The maximum Gasteiger partial charge on any atom is 0.337 e. The molecule has 0 bridgehead atoms. The van der Waals surface area contributed by atoms with Crippen molar-refractivity contribution < 1.29 is 9.90 Å². The molecular weight excluding hydrogens is 238 g/mol. The van der Waals surface area contributed by atoms with Crippen molar-refractivity contribution in [3.63, 3.8) is 0 Å². The molecule has 0 aromatic carbocycles. The third-order valence-electron chi connectivity index (χ3n) is 2.05. The van der Waals surface area contributed by atoms with Crippen LogP contribution in [0, 0.1) is 0 Å². The van der Waals surface area contributed by atoms with Crippen LogP contribution in [0.2, 0.25) is 0 Å². The highest BCUT2D eigenvalue weighted by molar-refractivity contribution is 7.99. The Bertz CT molecular complexity index is 546. The van der Waals surface area contributed by atoms with E-state index in [4.69, 9.17) is 10.8 Å². The van der Waals surface area contributed by atoms with Crippen LogP contribution in [0.3, 0.4) is 0 Å². The molecule has 0 fully saturated rings. The molecule has 5 nitrogen and oxygen atoms in total. The maximum atomic E-state index is 10.9. The van der Waals surface area contributed by atoms with E-state index in [0.29, 0.717) is 5.03 Å². The molecule has 0 aliphatic heterocycles. The lowest BCUT2D eigenvalue weighted by Crippen LogP contribution is -2.04. The van der Waals surface area contributed by atoms with Crippen LogP contribution in [0.15, 0.2) is 46.7 Å². The van der Waals surface area contributed by atoms with Crippen LogP contribution >= 0.6 is 11.8 Å². The van der Waals surface area contributed by atoms with Crippen LogP contribution in [-0.4, -0.2) is 21.0 Å². The molecule has 0 amide bonds. The van der Waals surface area contributed by atoms with Gasteiger partial charge in [0.1, 0.15) is 5.03 Å². The second-order valence-electron chi connectivity index (χ2n) is 3.17. The van der Waals surface area contributed by atoms with E-state index in [2.05, 4.69) is 9.97 Å². The van der Waals surface area contributed by atoms with Gasteiger partial charge in [0.15, 0.2) is 0 Å². The minimum Gasteiger partial charge on any atom is -0.478 e. The van der Waals surface area contributed by atoms with E-state index in [1.165, 1.54) is 24.0 Å². The molecule has 0 saturated heterocycles. The number of carboxylic acid groups (broad SMARTS) is 1. The zero-order chi connectivity index (χ0) is 12.3. The van der Waals surface area contributed by atoms with Gasteiger partial charge in [-0.3, -0.25) is 4.98 Å². The first-order chi connectivity index (χ1) is 8.18. The van der Waals surface area contributed by atoms with Crippen molar-refractivity contribution in [2.24, 2.45) is 0 Å². The number of nitrogen functional groups attached to an aromatic ring is 1. The van der Waals surface area contributed by atoms with Crippen molar-refractivity contribution in [1.82, 2.24) is 9.97 Å². The molecule has 86 valence electrons. The third kappa shape index (κ3) is 2.54. The Labute approximate surface area is 102 Å². The normalized spacial score (nSPS) is 10.1. The number of pyridine rings is 2. The molecule has 0 radical (unpaired) electrons. The second-order valence-corrected chi connectivity index (χ2v) is 4.23. The summed E-state index contributed by atoms with van der Waals surface area (Å²) in [7, 11) is 0. The highest BCUT2D eigenvalue weighted by atomic mass is 32.2. The summed E-state index contributed by atoms with van der Waals surface area (Å²) in [6.45, 7) is 0. The summed E-state index contributed by atoms with van der Waals surface area (Å²) in [4.78, 5) is 19.8. The van der Waals surface area contributed by atoms with Gasteiger partial charge in [0.25, 0.3) is 0 Å². The van der Waals surface area contributed by atoms with Gasteiger partial charge >= 0.3 is 5.97 Å². The molecule has 2 rings (SSSR count). The van der Waals surface area contributed by atoms with Crippen LogP contribution in [0.1, 0.15) is 10.4 Å². The Morgan fingerprint density at radius 2 is 1.94 bits per heavy atom. The Kier molecular flexibility index (Phi) is 3.24. The molecule has 0 aliphatic rings.